The molecule has 0 aromatic heterocycles. The Bertz CT molecular complexity index is 1620. The molecule has 14 heteroatoms. The van der Waals surface area contributed by atoms with Gasteiger partial charge in [0.2, 0.25) is 0 Å². The Morgan fingerprint density at radius 1 is 0.725 bits per heavy atom. The van der Waals surface area contributed by atoms with Crippen LogP contribution in [-0.2, 0) is 57.2 Å². The van der Waals surface area contributed by atoms with Crippen LogP contribution in [0.3, 0.4) is 0 Å². The maximum absolute atomic E-state index is 14.7. The van der Waals surface area contributed by atoms with E-state index in [0.717, 1.165) is 40.7 Å². The van der Waals surface area contributed by atoms with Gasteiger partial charge >= 0.3 is 35.8 Å². The van der Waals surface area contributed by atoms with Crippen LogP contribution in [0.2, 0.25) is 0 Å². The average molecular weight is 715 g/mol. The number of carbonyl (C=O) groups is 7. The van der Waals surface area contributed by atoms with Crippen molar-refractivity contribution in [3.8, 4) is 0 Å². The van der Waals surface area contributed by atoms with Crippen molar-refractivity contribution < 1.29 is 67.1 Å². The van der Waals surface area contributed by atoms with Gasteiger partial charge < -0.3 is 33.5 Å². The number of hydrogen-bond acceptors (Lipinski definition) is 14. The number of aliphatic hydroxyl groups is 1. The molecule has 3 rings (SSSR count). The third-order valence-electron chi connectivity index (χ3n) is 8.69. The van der Waals surface area contributed by atoms with Gasteiger partial charge in [-0.25, -0.2) is 4.79 Å². The second kappa shape index (κ2) is 15.2. The SMILES string of the molecule is CC(=O)O[C@@H]1[C@@H](OC(C)=O)C(C)(C)/C=C/[C@H](C)C(=O)C2(OC(C)=O)C[C@@](C)(O)[C@H](OC(=O)c3ccccc3)/C2=C\[C@](C)(OC(C)=O)[C@@H]1OC(C)=O. The third-order valence-corrected chi connectivity index (χ3v) is 8.69. The van der Waals surface area contributed by atoms with Gasteiger partial charge in [-0.15, -0.1) is 0 Å². The molecule has 1 N–H and O–H groups in total. The van der Waals surface area contributed by atoms with E-state index >= 15 is 0 Å². The molecular weight excluding hydrogens is 668 g/mol. The standard InChI is InChI=1S/C37H46O14/c1-20-16-17-34(7,8)31(47-22(3)39)28(46-21(2)38)32(48-23(4)40)36(10,50-24(5)41)18-27-30(49-33(44)26-14-12-11-13-15-26)35(9,45)19-37(27,29(20)43)51-25(6)42/h11-18,20,28,30-32,45H,19H2,1-10H3/b17-16+,27-18+/t20-,28+,30+,31+,32+,35+,36-,37?/m0/s1. The maximum Gasteiger partial charge on any atom is 0.338 e. The average Bonchev–Trinajstić information content (AvgIpc) is 3.19. The van der Waals surface area contributed by atoms with Gasteiger partial charge in [-0.2, -0.15) is 0 Å². The Morgan fingerprint density at radius 3 is 1.76 bits per heavy atom. The lowest BCUT2D eigenvalue weighted by atomic mass is 9.74. The number of rotatable bonds is 7. The van der Waals surface area contributed by atoms with E-state index in [2.05, 4.69) is 0 Å². The van der Waals surface area contributed by atoms with Crippen LogP contribution in [0, 0.1) is 11.3 Å². The molecule has 1 aromatic carbocycles. The summed E-state index contributed by atoms with van der Waals surface area (Å²) < 4.78 is 34.8. The van der Waals surface area contributed by atoms with E-state index in [1.807, 2.05) is 0 Å². The number of carbonyl (C=O) groups excluding carboxylic acids is 7. The minimum Gasteiger partial charge on any atom is -0.458 e. The van der Waals surface area contributed by atoms with Crippen LogP contribution in [0.5, 0.6) is 0 Å². The first-order valence-corrected chi connectivity index (χ1v) is 16.3. The van der Waals surface area contributed by atoms with Gasteiger partial charge in [0, 0.05) is 57.9 Å². The summed E-state index contributed by atoms with van der Waals surface area (Å²) >= 11 is 0. The third kappa shape index (κ3) is 9.09. The molecule has 0 radical (unpaired) electrons. The second-order valence-corrected chi connectivity index (χ2v) is 14.0. The van der Waals surface area contributed by atoms with Gasteiger partial charge in [-0.05, 0) is 32.1 Å². The van der Waals surface area contributed by atoms with Crippen molar-refractivity contribution in [2.75, 3.05) is 0 Å². The van der Waals surface area contributed by atoms with E-state index in [1.54, 1.807) is 32.0 Å². The summed E-state index contributed by atoms with van der Waals surface area (Å²) in [6.07, 6.45) is -3.27. The highest BCUT2D eigenvalue weighted by atomic mass is 16.6. The van der Waals surface area contributed by atoms with Gasteiger partial charge in [0.25, 0.3) is 0 Å². The molecular formula is C37H46O14. The van der Waals surface area contributed by atoms with E-state index in [9.17, 15) is 38.7 Å². The first-order chi connectivity index (χ1) is 23.5. The zero-order valence-electron chi connectivity index (χ0n) is 30.5. The molecule has 2 aliphatic rings. The van der Waals surface area contributed by atoms with E-state index in [4.69, 9.17) is 28.4 Å². The molecule has 0 saturated heterocycles. The molecule has 278 valence electrons. The molecule has 1 aromatic rings. The Hall–Kier alpha value is -4.85. The zero-order chi connectivity index (χ0) is 38.7. The summed E-state index contributed by atoms with van der Waals surface area (Å²) in [6, 6.07) is 7.74. The summed E-state index contributed by atoms with van der Waals surface area (Å²) in [7, 11) is 0. The summed E-state index contributed by atoms with van der Waals surface area (Å²) in [6.45, 7) is 12.5. The van der Waals surface area contributed by atoms with Gasteiger partial charge in [0.05, 0.1) is 5.56 Å². The summed E-state index contributed by atoms with van der Waals surface area (Å²) in [4.78, 5) is 92.0. The predicted octanol–water partition coefficient (Wildman–Crippen LogP) is 3.51. The number of allylic oxidation sites excluding steroid dienone is 1. The van der Waals surface area contributed by atoms with Crippen LogP contribution < -0.4 is 0 Å². The number of hydrogen-bond donors (Lipinski definition) is 1. The fourth-order valence-electron chi connectivity index (χ4n) is 6.71. The molecule has 2 aliphatic carbocycles. The van der Waals surface area contributed by atoms with Crippen molar-refractivity contribution >= 4 is 41.6 Å². The molecule has 1 unspecified atom stereocenters. The van der Waals surface area contributed by atoms with Crippen LogP contribution in [0.15, 0.2) is 54.1 Å². The van der Waals surface area contributed by atoms with Crippen LogP contribution in [0.4, 0.5) is 0 Å². The molecule has 0 amide bonds. The van der Waals surface area contributed by atoms with Crippen LogP contribution in [-0.4, -0.2) is 87.9 Å². The molecule has 8 atom stereocenters. The Kier molecular flexibility index (Phi) is 12.1. The van der Waals surface area contributed by atoms with Crippen molar-refractivity contribution in [3.63, 3.8) is 0 Å². The number of benzene rings is 1. The molecule has 0 spiro atoms. The molecule has 0 bridgehead atoms. The van der Waals surface area contributed by atoms with Crippen LogP contribution >= 0.6 is 0 Å². The molecule has 1 fully saturated rings. The summed E-state index contributed by atoms with van der Waals surface area (Å²) in [5.74, 6) is -7.31. The minimum atomic E-state index is -2.35. The zero-order valence-corrected chi connectivity index (χ0v) is 30.5. The number of ketones is 1. The maximum atomic E-state index is 14.7. The fourth-order valence-corrected chi connectivity index (χ4v) is 6.71. The first-order valence-electron chi connectivity index (χ1n) is 16.3. The van der Waals surface area contributed by atoms with Crippen LogP contribution in [0.1, 0.15) is 86.0 Å². The van der Waals surface area contributed by atoms with Crippen molar-refractivity contribution in [1.29, 1.82) is 0 Å². The summed E-state index contributed by atoms with van der Waals surface area (Å²) in [5.41, 5.74) is -8.27. The lowest BCUT2D eigenvalue weighted by Crippen LogP contribution is -2.60. The monoisotopic (exact) mass is 714 g/mol. The van der Waals surface area contributed by atoms with E-state index < -0.39 is 101 Å². The molecule has 0 aliphatic heterocycles. The van der Waals surface area contributed by atoms with Crippen molar-refractivity contribution in [3.05, 3.63) is 59.7 Å². The first kappa shape index (κ1) is 40.6. The molecule has 14 nitrogen and oxygen atoms in total. The number of esters is 6. The van der Waals surface area contributed by atoms with E-state index in [1.165, 1.54) is 45.1 Å². The quantitative estimate of drug-likeness (QED) is 0.245. The second-order valence-electron chi connectivity index (χ2n) is 14.0. The van der Waals surface area contributed by atoms with E-state index in [-0.39, 0.29) is 11.1 Å². The minimum absolute atomic E-state index is 0.0802. The normalized spacial score (nSPS) is 33.4. The van der Waals surface area contributed by atoms with Gasteiger partial charge in [-0.3, -0.25) is 28.8 Å². The predicted molar refractivity (Wildman–Crippen MR) is 177 cm³/mol. The van der Waals surface area contributed by atoms with Crippen molar-refractivity contribution in [1.82, 2.24) is 0 Å². The number of Topliss-reactive ketones (excluding diaryl/α,β-unsaturated/α-hetero) is 1. The lowest BCUT2D eigenvalue weighted by Gasteiger charge is -2.45. The van der Waals surface area contributed by atoms with Crippen molar-refractivity contribution in [2.45, 2.75) is 117 Å². The van der Waals surface area contributed by atoms with Gasteiger partial charge in [-0.1, -0.05) is 51.1 Å². The van der Waals surface area contributed by atoms with Crippen LogP contribution in [0.25, 0.3) is 0 Å². The lowest BCUT2D eigenvalue weighted by molar-refractivity contribution is -0.213. The van der Waals surface area contributed by atoms with Gasteiger partial charge in [0.1, 0.15) is 5.60 Å². The Balaban J connectivity index is 2.58. The summed E-state index contributed by atoms with van der Waals surface area (Å²) in [5, 5.41) is 12.0. The van der Waals surface area contributed by atoms with Crippen molar-refractivity contribution in [2.24, 2.45) is 11.3 Å². The number of ether oxygens (including phenoxy) is 6. The molecule has 0 heterocycles. The molecule has 51 heavy (non-hydrogen) atoms. The topological polar surface area (TPSA) is 195 Å². The Morgan fingerprint density at radius 2 is 1.25 bits per heavy atom. The highest BCUT2D eigenvalue weighted by Crippen LogP contribution is 2.50. The molecule has 1 saturated carbocycles. The highest BCUT2D eigenvalue weighted by Gasteiger charge is 2.65. The van der Waals surface area contributed by atoms with E-state index in [0.29, 0.717) is 0 Å². The number of fused-ring (bicyclic) bond motifs is 1. The smallest absolute Gasteiger partial charge is 0.338 e. The Labute approximate surface area is 296 Å². The van der Waals surface area contributed by atoms with Gasteiger partial charge in [0.15, 0.2) is 41.4 Å². The largest absolute Gasteiger partial charge is 0.458 e. The fraction of sp³-hybridized carbons (Fsp3) is 0.541. The highest BCUT2D eigenvalue weighted by molar-refractivity contribution is 5.97.